The number of hydrogen-bond acceptors (Lipinski definition) is 4. The molecule has 1 aliphatic heterocycles. The highest BCUT2D eigenvalue weighted by atomic mass is 16.1. The highest BCUT2D eigenvalue weighted by Gasteiger charge is 2.13. The van der Waals surface area contributed by atoms with Gasteiger partial charge in [-0.15, -0.1) is 0 Å². The van der Waals surface area contributed by atoms with Crippen LogP contribution in [0.25, 0.3) is 0 Å². The number of amides is 1. The molecule has 0 saturated carbocycles. The van der Waals surface area contributed by atoms with Crippen molar-refractivity contribution < 1.29 is 4.79 Å². The van der Waals surface area contributed by atoms with Gasteiger partial charge in [-0.05, 0) is 31.5 Å². The third-order valence-electron chi connectivity index (χ3n) is 2.73. The maximum atomic E-state index is 10.9. The summed E-state index contributed by atoms with van der Waals surface area (Å²) in [5.74, 6) is -0.498. The second-order valence-electron chi connectivity index (χ2n) is 3.97. The molecule has 0 radical (unpaired) electrons. The molecule has 1 amide bonds. The lowest BCUT2D eigenvalue weighted by molar-refractivity contribution is 0.0995. The van der Waals surface area contributed by atoms with Crippen LogP contribution in [0, 0.1) is 0 Å². The molecule has 2 heterocycles. The zero-order valence-electron chi connectivity index (χ0n) is 9.07. The minimum absolute atomic E-state index is 0.296. The van der Waals surface area contributed by atoms with Gasteiger partial charge >= 0.3 is 0 Å². The van der Waals surface area contributed by atoms with E-state index in [1.807, 2.05) is 6.07 Å². The Hall–Kier alpha value is -1.62. The molecular formula is C11H16N4O. The van der Waals surface area contributed by atoms with Crippen LogP contribution in [0.5, 0.6) is 0 Å². The molecule has 0 bridgehead atoms. The van der Waals surface area contributed by atoms with E-state index in [2.05, 4.69) is 15.6 Å². The van der Waals surface area contributed by atoms with Crippen molar-refractivity contribution in [3.05, 3.63) is 24.0 Å². The van der Waals surface area contributed by atoms with Gasteiger partial charge in [0.2, 0.25) is 0 Å². The number of carbonyl (C=O) groups excluding carboxylic acids is 1. The summed E-state index contributed by atoms with van der Waals surface area (Å²) in [6, 6.07) is 4.03. The van der Waals surface area contributed by atoms with Crippen LogP contribution in [0.2, 0.25) is 0 Å². The summed E-state index contributed by atoms with van der Waals surface area (Å²) in [7, 11) is 0. The molecule has 1 aromatic heterocycles. The van der Waals surface area contributed by atoms with E-state index in [0.717, 1.165) is 18.8 Å². The molecule has 1 fully saturated rings. The summed E-state index contributed by atoms with van der Waals surface area (Å²) >= 11 is 0. The SMILES string of the molecule is NC(=O)c1cc(NCC2CCCN2)ccn1. The van der Waals surface area contributed by atoms with Gasteiger partial charge in [0, 0.05) is 24.5 Å². The molecule has 1 aliphatic rings. The molecule has 86 valence electrons. The van der Waals surface area contributed by atoms with E-state index in [1.54, 1.807) is 12.3 Å². The molecule has 16 heavy (non-hydrogen) atoms. The first kappa shape index (κ1) is 10.9. The van der Waals surface area contributed by atoms with Crippen LogP contribution in [0.1, 0.15) is 23.3 Å². The third-order valence-corrected chi connectivity index (χ3v) is 2.73. The summed E-state index contributed by atoms with van der Waals surface area (Å²) in [6.07, 6.45) is 4.01. The molecule has 1 atom stereocenters. The van der Waals surface area contributed by atoms with E-state index < -0.39 is 5.91 Å². The van der Waals surface area contributed by atoms with E-state index in [4.69, 9.17) is 5.73 Å². The molecular weight excluding hydrogens is 204 g/mol. The fourth-order valence-electron chi connectivity index (χ4n) is 1.85. The summed E-state index contributed by atoms with van der Waals surface area (Å²) in [6.45, 7) is 1.96. The van der Waals surface area contributed by atoms with Crippen LogP contribution in [0.15, 0.2) is 18.3 Å². The van der Waals surface area contributed by atoms with Gasteiger partial charge in [0.15, 0.2) is 0 Å². The molecule has 0 spiro atoms. The van der Waals surface area contributed by atoms with E-state index in [9.17, 15) is 4.79 Å². The summed E-state index contributed by atoms with van der Waals surface area (Å²) in [5.41, 5.74) is 6.34. The first-order valence-corrected chi connectivity index (χ1v) is 5.49. The van der Waals surface area contributed by atoms with Gasteiger partial charge in [-0.2, -0.15) is 0 Å². The Morgan fingerprint density at radius 2 is 2.56 bits per heavy atom. The van der Waals surface area contributed by atoms with Gasteiger partial charge in [-0.3, -0.25) is 9.78 Å². The van der Waals surface area contributed by atoms with Crippen LogP contribution in [-0.2, 0) is 0 Å². The van der Waals surface area contributed by atoms with Crippen LogP contribution in [0.3, 0.4) is 0 Å². The number of anilines is 1. The maximum absolute atomic E-state index is 10.9. The standard InChI is InChI=1S/C11H16N4O/c12-11(16)10-6-8(3-5-14-10)15-7-9-2-1-4-13-9/h3,5-6,9,13H,1-2,4,7H2,(H2,12,16)(H,14,15). The molecule has 2 rings (SSSR count). The second-order valence-corrected chi connectivity index (χ2v) is 3.97. The summed E-state index contributed by atoms with van der Waals surface area (Å²) < 4.78 is 0. The number of rotatable bonds is 4. The number of primary amides is 1. The van der Waals surface area contributed by atoms with Crippen molar-refractivity contribution in [1.29, 1.82) is 0 Å². The first-order valence-electron chi connectivity index (χ1n) is 5.49. The second kappa shape index (κ2) is 4.94. The Morgan fingerprint density at radius 1 is 1.69 bits per heavy atom. The van der Waals surface area contributed by atoms with Gasteiger partial charge in [-0.1, -0.05) is 0 Å². The largest absolute Gasteiger partial charge is 0.383 e. The molecule has 0 aliphatic carbocycles. The Balaban J connectivity index is 1.93. The van der Waals surface area contributed by atoms with Crippen molar-refractivity contribution >= 4 is 11.6 Å². The minimum Gasteiger partial charge on any atom is -0.383 e. The first-order chi connectivity index (χ1) is 7.75. The number of nitrogens with one attached hydrogen (secondary N) is 2. The normalized spacial score (nSPS) is 19.6. The van der Waals surface area contributed by atoms with Gasteiger partial charge in [-0.25, -0.2) is 0 Å². The molecule has 4 N–H and O–H groups in total. The lowest BCUT2D eigenvalue weighted by Gasteiger charge is -2.12. The predicted octanol–water partition coefficient (Wildman–Crippen LogP) is 0.344. The van der Waals surface area contributed by atoms with Gasteiger partial charge in [0.25, 0.3) is 5.91 Å². The predicted molar refractivity (Wildman–Crippen MR) is 62.3 cm³/mol. The Bertz CT molecular complexity index is 374. The van der Waals surface area contributed by atoms with Crippen LogP contribution >= 0.6 is 0 Å². The van der Waals surface area contributed by atoms with E-state index in [-0.39, 0.29) is 0 Å². The number of aromatic nitrogens is 1. The average Bonchev–Trinajstić information content (AvgIpc) is 2.79. The van der Waals surface area contributed by atoms with Crippen molar-refractivity contribution in [2.45, 2.75) is 18.9 Å². The number of pyridine rings is 1. The van der Waals surface area contributed by atoms with Crippen LogP contribution in [-0.4, -0.2) is 30.0 Å². The zero-order valence-corrected chi connectivity index (χ0v) is 9.07. The number of hydrogen-bond donors (Lipinski definition) is 3. The highest BCUT2D eigenvalue weighted by Crippen LogP contribution is 2.10. The number of nitrogens with zero attached hydrogens (tertiary/aromatic N) is 1. The van der Waals surface area contributed by atoms with E-state index >= 15 is 0 Å². The summed E-state index contributed by atoms with van der Waals surface area (Å²) in [5, 5.41) is 6.67. The summed E-state index contributed by atoms with van der Waals surface area (Å²) in [4.78, 5) is 14.8. The fraction of sp³-hybridized carbons (Fsp3) is 0.455. The van der Waals surface area contributed by atoms with E-state index in [0.29, 0.717) is 11.7 Å². The lowest BCUT2D eigenvalue weighted by atomic mass is 10.2. The van der Waals surface area contributed by atoms with Crippen molar-refractivity contribution in [2.24, 2.45) is 5.73 Å². The Kier molecular flexibility index (Phi) is 3.36. The Morgan fingerprint density at radius 3 is 3.25 bits per heavy atom. The number of carbonyl (C=O) groups is 1. The smallest absolute Gasteiger partial charge is 0.267 e. The molecule has 5 heteroatoms. The van der Waals surface area contributed by atoms with Gasteiger partial charge in [0.05, 0.1) is 0 Å². The fourth-order valence-corrected chi connectivity index (χ4v) is 1.85. The van der Waals surface area contributed by atoms with E-state index in [1.165, 1.54) is 12.8 Å². The molecule has 1 unspecified atom stereocenters. The topological polar surface area (TPSA) is 80.0 Å². The monoisotopic (exact) mass is 220 g/mol. The third kappa shape index (κ3) is 2.70. The highest BCUT2D eigenvalue weighted by molar-refractivity contribution is 5.91. The van der Waals surface area contributed by atoms with Crippen molar-refractivity contribution in [3.63, 3.8) is 0 Å². The molecule has 5 nitrogen and oxygen atoms in total. The van der Waals surface area contributed by atoms with Crippen molar-refractivity contribution in [2.75, 3.05) is 18.4 Å². The lowest BCUT2D eigenvalue weighted by Crippen LogP contribution is -2.29. The molecule has 1 aromatic rings. The van der Waals surface area contributed by atoms with Crippen LogP contribution < -0.4 is 16.4 Å². The van der Waals surface area contributed by atoms with Crippen molar-refractivity contribution in [1.82, 2.24) is 10.3 Å². The Labute approximate surface area is 94.4 Å². The molecule has 1 saturated heterocycles. The van der Waals surface area contributed by atoms with Crippen molar-refractivity contribution in [3.8, 4) is 0 Å². The van der Waals surface area contributed by atoms with Gasteiger partial charge in [0.1, 0.15) is 5.69 Å². The maximum Gasteiger partial charge on any atom is 0.267 e. The zero-order chi connectivity index (χ0) is 11.4. The quantitative estimate of drug-likeness (QED) is 0.683. The number of nitrogens with two attached hydrogens (primary N) is 1. The molecule has 0 aromatic carbocycles. The van der Waals surface area contributed by atoms with Crippen LogP contribution in [0.4, 0.5) is 5.69 Å². The minimum atomic E-state index is -0.498. The average molecular weight is 220 g/mol. The van der Waals surface area contributed by atoms with Gasteiger partial charge < -0.3 is 16.4 Å².